The fraction of sp³-hybridized carbons (Fsp3) is 0.478. The van der Waals surface area contributed by atoms with E-state index in [4.69, 9.17) is 37.9 Å². The number of hydrogen-bond acceptors (Lipinski definition) is 12. The van der Waals surface area contributed by atoms with E-state index in [1.807, 2.05) is 86.6 Å². The van der Waals surface area contributed by atoms with E-state index in [2.05, 4.69) is 48.5 Å². The lowest BCUT2D eigenvalue weighted by Crippen LogP contribution is -2.65. The largest absolute Gasteiger partial charge is 0.387 e. The van der Waals surface area contributed by atoms with E-state index in [-0.39, 0.29) is 0 Å². The van der Waals surface area contributed by atoms with Crippen molar-refractivity contribution >= 4 is 0 Å². The van der Waals surface area contributed by atoms with Crippen molar-refractivity contribution in [1.29, 1.82) is 0 Å². The van der Waals surface area contributed by atoms with Crippen LogP contribution in [0.1, 0.15) is 49.9 Å². The Morgan fingerprint density at radius 3 is 0.879 bits per heavy atom. The Bertz CT molecular complexity index is 1700. The normalized spacial score (nSPS) is 33.4. The molecule has 0 aromatic heterocycles. The van der Waals surface area contributed by atoms with Crippen LogP contribution in [0.4, 0.5) is 0 Å². The molecule has 0 radical (unpaired) electrons. The molecule has 0 amide bonds. The van der Waals surface area contributed by atoms with E-state index in [1.165, 1.54) is 0 Å². The lowest BCUT2D eigenvalue weighted by Gasteiger charge is -2.46. The number of fused-ring (bicyclic) bond motifs is 2. The van der Waals surface area contributed by atoms with Gasteiger partial charge in [-0.15, -0.1) is 0 Å². The van der Waals surface area contributed by atoms with Crippen molar-refractivity contribution in [3.63, 3.8) is 0 Å². The summed E-state index contributed by atoms with van der Waals surface area (Å²) in [6.45, 7) is 8.77. The molecule has 2 saturated heterocycles. The Morgan fingerprint density at radius 1 is 0.362 bits per heavy atom. The molecule has 4 N–H and O–H groups in total. The summed E-state index contributed by atoms with van der Waals surface area (Å²) in [5, 5.41) is 38.2. The summed E-state index contributed by atoms with van der Waals surface area (Å²) < 4.78 is 50.8. The zero-order valence-corrected chi connectivity index (χ0v) is 33.4. The topological polar surface area (TPSA) is 155 Å². The maximum absolute atomic E-state index is 9.64. The van der Waals surface area contributed by atoms with Gasteiger partial charge in [-0.05, 0) is 49.9 Å². The summed E-state index contributed by atoms with van der Waals surface area (Å²) in [6, 6.07) is 40.7. The van der Waals surface area contributed by atoms with Gasteiger partial charge in [0, 0.05) is 0 Å². The second-order valence-electron chi connectivity index (χ2n) is 16.1. The third-order valence-corrected chi connectivity index (χ3v) is 10.8. The molecule has 12 heteroatoms. The van der Waals surface area contributed by atoms with Crippen molar-refractivity contribution in [3.8, 4) is 0 Å². The highest BCUT2D eigenvalue weighted by Gasteiger charge is 2.61. The summed E-state index contributed by atoms with van der Waals surface area (Å²) in [6.07, 6.45) is -9.72. The Labute approximate surface area is 340 Å². The number of rotatable bonds is 12. The number of benzene rings is 4. The van der Waals surface area contributed by atoms with Gasteiger partial charge in [0.1, 0.15) is 73.2 Å². The van der Waals surface area contributed by atoms with Crippen LogP contribution in [0.3, 0.4) is 0 Å². The van der Waals surface area contributed by atoms with Crippen LogP contribution in [0.2, 0.25) is 0 Å². The highest BCUT2D eigenvalue weighted by molar-refractivity contribution is 5.18. The molecule has 58 heavy (non-hydrogen) atoms. The van der Waals surface area contributed by atoms with E-state index in [1.54, 1.807) is 13.8 Å². The first-order chi connectivity index (χ1) is 27.9. The SMILES string of the molecule is CC1(C)O[C@@H]2[C@@H](O)[C@H](O)[C@@H](O)[C@H](O)[C@@H]2O1.CC1(C)O[C@@H]2[C@@H](OCc3ccccc3)[C@H](OCc3ccccc3)[C@@H](OCc3ccccc3)[C@H](OCc3ccccc3)[C@@H]2O1. The highest BCUT2D eigenvalue weighted by atomic mass is 16.8. The standard InChI is InChI=1S/C37H40O6.C9H16O6/c1-37(2)42-35-33(40-25-29-19-11-5-12-20-29)31(38-23-27-15-7-3-8-16-27)32(39-24-28-17-9-4-10-18-28)34(36(35)43-37)41-26-30-21-13-6-14-22-30;1-9(2)14-7-5(12)3(10)4(11)6(13)8(7)15-9/h3-22,31-36H,23-26H2,1-2H3;3-8,10-13H,1-2H3/t31-,32-,33+,34+,35-,36+;3-,4-,5+,6+,7-,8+/m11/s1. The van der Waals surface area contributed by atoms with Crippen molar-refractivity contribution in [2.24, 2.45) is 0 Å². The molecule has 12 nitrogen and oxygen atoms in total. The Balaban J connectivity index is 0.000000286. The predicted octanol–water partition coefficient (Wildman–Crippen LogP) is 4.83. The summed E-state index contributed by atoms with van der Waals surface area (Å²) in [7, 11) is 0. The lowest BCUT2D eigenvalue weighted by atomic mass is 9.84. The van der Waals surface area contributed by atoms with E-state index in [0.717, 1.165) is 22.3 Å². The molecule has 4 fully saturated rings. The van der Waals surface area contributed by atoms with Crippen molar-refractivity contribution in [3.05, 3.63) is 144 Å². The third-order valence-electron chi connectivity index (χ3n) is 10.8. The van der Waals surface area contributed by atoms with Gasteiger partial charge in [-0.2, -0.15) is 0 Å². The zero-order chi connectivity index (χ0) is 40.9. The van der Waals surface area contributed by atoms with Crippen LogP contribution in [0, 0.1) is 0 Å². The summed E-state index contributed by atoms with van der Waals surface area (Å²) in [5.74, 6) is -1.75. The van der Waals surface area contributed by atoms with Crippen LogP contribution in [0.25, 0.3) is 0 Å². The monoisotopic (exact) mass is 800 g/mol. The third kappa shape index (κ3) is 10.2. The fourth-order valence-corrected chi connectivity index (χ4v) is 8.04. The average Bonchev–Trinajstić information content (AvgIpc) is 3.75. The lowest BCUT2D eigenvalue weighted by molar-refractivity contribution is -0.252. The van der Waals surface area contributed by atoms with Gasteiger partial charge in [-0.25, -0.2) is 0 Å². The van der Waals surface area contributed by atoms with Gasteiger partial charge in [0.05, 0.1) is 26.4 Å². The molecule has 2 heterocycles. The second kappa shape index (κ2) is 18.8. The van der Waals surface area contributed by atoms with Crippen LogP contribution in [-0.4, -0.2) is 105 Å². The van der Waals surface area contributed by atoms with E-state index >= 15 is 0 Å². The van der Waals surface area contributed by atoms with Crippen molar-refractivity contribution < 1.29 is 58.3 Å². The van der Waals surface area contributed by atoms with Gasteiger partial charge >= 0.3 is 0 Å². The molecule has 2 aliphatic carbocycles. The molecule has 0 bridgehead atoms. The Hall–Kier alpha value is -3.60. The molecule has 8 rings (SSSR count). The Kier molecular flexibility index (Phi) is 13.8. The minimum Gasteiger partial charge on any atom is -0.387 e. The second-order valence-corrected chi connectivity index (χ2v) is 16.1. The molecule has 4 aliphatic rings. The van der Waals surface area contributed by atoms with E-state index in [0.29, 0.717) is 26.4 Å². The molecule has 2 saturated carbocycles. The maximum Gasteiger partial charge on any atom is 0.164 e. The molecule has 312 valence electrons. The van der Waals surface area contributed by atoms with Crippen LogP contribution in [0.5, 0.6) is 0 Å². The van der Waals surface area contributed by atoms with Crippen LogP contribution in [-0.2, 0) is 64.3 Å². The van der Waals surface area contributed by atoms with Crippen molar-refractivity contribution in [2.75, 3.05) is 0 Å². The fourth-order valence-electron chi connectivity index (χ4n) is 8.04. The number of aliphatic hydroxyl groups excluding tert-OH is 4. The highest BCUT2D eigenvalue weighted by Crippen LogP contribution is 2.43. The molecule has 2 aliphatic heterocycles. The van der Waals surface area contributed by atoms with Crippen LogP contribution < -0.4 is 0 Å². The molecule has 12 atom stereocenters. The number of ether oxygens (including phenoxy) is 8. The summed E-state index contributed by atoms with van der Waals surface area (Å²) >= 11 is 0. The minimum absolute atomic E-state index is 0.398. The van der Waals surface area contributed by atoms with Gasteiger partial charge in [0.15, 0.2) is 11.6 Å². The van der Waals surface area contributed by atoms with Gasteiger partial charge in [0.2, 0.25) is 0 Å². The smallest absolute Gasteiger partial charge is 0.164 e. The van der Waals surface area contributed by atoms with Crippen molar-refractivity contribution in [2.45, 2.75) is 139 Å². The predicted molar refractivity (Wildman–Crippen MR) is 212 cm³/mol. The Morgan fingerprint density at radius 2 is 0.603 bits per heavy atom. The number of aliphatic hydroxyl groups is 4. The van der Waals surface area contributed by atoms with E-state index < -0.39 is 84.8 Å². The quantitative estimate of drug-likeness (QED) is 0.155. The van der Waals surface area contributed by atoms with Gasteiger partial charge in [-0.1, -0.05) is 121 Å². The first kappa shape index (κ1) is 42.5. The first-order valence-corrected chi connectivity index (χ1v) is 19.9. The zero-order valence-electron chi connectivity index (χ0n) is 33.4. The van der Waals surface area contributed by atoms with E-state index in [9.17, 15) is 20.4 Å². The molecule has 4 aromatic rings. The molecule has 0 spiro atoms. The minimum atomic E-state index is -1.42. The van der Waals surface area contributed by atoms with Gasteiger partial charge in [-0.3, -0.25) is 0 Å². The van der Waals surface area contributed by atoms with Gasteiger partial charge in [0.25, 0.3) is 0 Å². The van der Waals surface area contributed by atoms with Crippen molar-refractivity contribution in [1.82, 2.24) is 0 Å². The molecule has 0 unspecified atom stereocenters. The summed E-state index contributed by atoms with van der Waals surface area (Å²) in [5.41, 5.74) is 4.28. The first-order valence-electron chi connectivity index (χ1n) is 19.9. The molecular weight excluding hydrogens is 744 g/mol. The number of hydrogen-bond donors (Lipinski definition) is 4. The van der Waals surface area contributed by atoms with Crippen LogP contribution in [0.15, 0.2) is 121 Å². The van der Waals surface area contributed by atoms with Crippen LogP contribution >= 0.6 is 0 Å². The average molecular weight is 801 g/mol. The molecular formula is C46H56O12. The van der Waals surface area contributed by atoms with Gasteiger partial charge < -0.3 is 58.3 Å². The summed E-state index contributed by atoms with van der Waals surface area (Å²) in [4.78, 5) is 0. The maximum atomic E-state index is 9.64. The molecule has 4 aromatic carbocycles.